The lowest BCUT2D eigenvalue weighted by Gasteiger charge is -2.44. The predicted octanol–water partition coefficient (Wildman–Crippen LogP) is 1.38. The molecule has 1 fully saturated rings. The van der Waals surface area contributed by atoms with Crippen molar-refractivity contribution in [2.24, 2.45) is 0 Å². The van der Waals surface area contributed by atoms with Crippen LogP contribution in [0.15, 0.2) is 4.52 Å². The van der Waals surface area contributed by atoms with Crippen LogP contribution in [-0.2, 0) is 6.42 Å². The largest absolute Gasteiger partial charge is 0.340 e. The number of piperazine rings is 1. The van der Waals surface area contributed by atoms with Crippen molar-refractivity contribution in [1.82, 2.24) is 20.4 Å². The van der Waals surface area contributed by atoms with Gasteiger partial charge in [0.05, 0.1) is 0 Å². The number of nitrogens with zero attached hydrogens (tertiary/aromatic N) is 3. The second-order valence-electron chi connectivity index (χ2n) is 5.59. The molecule has 2 unspecified atom stereocenters. The van der Waals surface area contributed by atoms with Gasteiger partial charge in [-0.25, -0.2) is 0 Å². The molecule has 1 aliphatic heterocycles. The standard InChI is InChI=1S/C13H24N4O/c1-5-13(4)9-17(10(2)8-14-13)7-6-12-15-11(3)18-16-12/h10,14H,5-9H2,1-4H3. The van der Waals surface area contributed by atoms with Crippen LogP contribution < -0.4 is 5.32 Å². The van der Waals surface area contributed by atoms with Gasteiger partial charge in [-0.1, -0.05) is 12.1 Å². The molecule has 1 aliphatic rings. The first kappa shape index (κ1) is 13.5. The van der Waals surface area contributed by atoms with Crippen LogP contribution in [0.3, 0.4) is 0 Å². The third-order valence-corrected chi connectivity index (χ3v) is 3.97. The molecule has 0 bridgehead atoms. The van der Waals surface area contributed by atoms with Gasteiger partial charge in [0.15, 0.2) is 5.82 Å². The molecule has 2 heterocycles. The molecule has 5 nitrogen and oxygen atoms in total. The van der Waals surface area contributed by atoms with Crippen molar-refractivity contribution < 1.29 is 4.52 Å². The number of nitrogens with one attached hydrogen (secondary N) is 1. The Morgan fingerprint density at radius 2 is 2.33 bits per heavy atom. The van der Waals surface area contributed by atoms with Crippen LogP contribution in [0.2, 0.25) is 0 Å². The van der Waals surface area contributed by atoms with Crippen molar-refractivity contribution in [2.75, 3.05) is 19.6 Å². The molecule has 0 amide bonds. The third kappa shape index (κ3) is 3.09. The smallest absolute Gasteiger partial charge is 0.223 e. The highest BCUT2D eigenvalue weighted by Gasteiger charge is 2.32. The topological polar surface area (TPSA) is 54.2 Å². The highest BCUT2D eigenvalue weighted by molar-refractivity contribution is 4.94. The number of hydrogen-bond donors (Lipinski definition) is 1. The molecule has 1 N–H and O–H groups in total. The van der Waals surface area contributed by atoms with Crippen LogP contribution in [0.25, 0.3) is 0 Å². The molecule has 0 saturated carbocycles. The Hall–Kier alpha value is -0.940. The van der Waals surface area contributed by atoms with Crippen LogP contribution in [0.5, 0.6) is 0 Å². The summed E-state index contributed by atoms with van der Waals surface area (Å²) in [5.74, 6) is 1.47. The first-order valence-corrected chi connectivity index (χ1v) is 6.81. The summed E-state index contributed by atoms with van der Waals surface area (Å²) in [6, 6.07) is 0.567. The molecule has 0 aromatic carbocycles. The summed E-state index contributed by atoms with van der Waals surface area (Å²) in [7, 11) is 0. The van der Waals surface area contributed by atoms with Gasteiger partial charge >= 0.3 is 0 Å². The second kappa shape index (κ2) is 5.36. The second-order valence-corrected chi connectivity index (χ2v) is 5.59. The Morgan fingerprint density at radius 3 is 2.94 bits per heavy atom. The van der Waals surface area contributed by atoms with Crippen LogP contribution in [0, 0.1) is 6.92 Å². The molecule has 102 valence electrons. The molecule has 1 aromatic heterocycles. The Bertz CT molecular complexity index is 392. The fraction of sp³-hybridized carbons (Fsp3) is 0.846. The third-order valence-electron chi connectivity index (χ3n) is 3.97. The molecule has 0 radical (unpaired) electrons. The van der Waals surface area contributed by atoms with E-state index in [1.165, 1.54) is 0 Å². The van der Waals surface area contributed by atoms with E-state index in [0.29, 0.717) is 11.9 Å². The molecule has 18 heavy (non-hydrogen) atoms. The summed E-state index contributed by atoms with van der Waals surface area (Å²) >= 11 is 0. The van der Waals surface area contributed by atoms with Crippen molar-refractivity contribution in [3.8, 4) is 0 Å². The van der Waals surface area contributed by atoms with Crippen LogP contribution >= 0.6 is 0 Å². The summed E-state index contributed by atoms with van der Waals surface area (Å²) < 4.78 is 5.00. The minimum absolute atomic E-state index is 0.236. The van der Waals surface area contributed by atoms with Gasteiger partial charge in [0.1, 0.15) is 0 Å². The molecule has 2 rings (SSSR count). The lowest BCUT2D eigenvalue weighted by atomic mass is 9.94. The van der Waals surface area contributed by atoms with E-state index < -0.39 is 0 Å². The lowest BCUT2D eigenvalue weighted by Crippen LogP contribution is -2.62. The van der Waals surface area contributed by atoms with E-state index in [1.807, 2.05) is 6.92 Å². The highest BCUT2D eigenvalue weighted by atomic mass is 16.5. The predicted molar refractivity (Wildman–Crippen MR) is 70.5 cm³/mol. The Balaban J connectivity index is 1.91. The van der Waals surface area contributed by atoms with E-state index in [0.717, 1.165) is 38.3 Å². The normalized spacial score (nSPS) is 29.7. The summed E-state index contributed by atoms with van der Waals surface area (Å²) in [4.78, 5) is 6.78. The zero-order chi connectivity index (χ0) is 13.2. The van der Waals surface area contributed by atoms with Crippen molar-refractivity contribution in [1.29, 1.82) is 0 Å². The van der Waals surface area contributed by atoms with Gasteiger partial charge in [-0.05, 0) is 20.3 Å². The number of aromatic nitrogens is 2. The molecule has 0 aliphatic carbocycles. The highest BCUT2D eigenvalue weighted by Crippen LogP contribution is 2.18. The van der Waals surface area contributed by atoms with E-state index in [9.17, 15) is 0 Å². The molecular formula is C13H24N4O. The fourth-order valence-corrected chi connectivity index (χ4v) is 2.41. The number of hydrogen-bond acceptors (Lipinski definition) is 5. The van der Waals surface area contributed by atoms with Crippen LogP contribution in [0.4, 0.5) is 0 Å². The fourth-order valence-electron chi connectivity index (χ4n) is 2.41. The van der Waals surface area contributed by atoms with E-state index in [2.05, 4.69) is 41.1 Å². The van der Waals surface area contributed by atoms with Crippen molar-refractivity contribution in [3.63, 3.8) is 0 Å². The molecule has 1 saturated heterocycles. The molecule has 1 aromatic rings. The van der Waals surface area contributed by atoms with Gasteiger partial charge in [-0.3, -0.25) is 4.90 Å². The zero-order valence-electron chi connectivity index (χ0n) is 11.9. The summed E-state index contributed by atoms with van der Waals surface area (Å²) in [5, 5.41) is 7.59. The first-order valence-electron chi connectivity index (χ1n) is 6.81. The number of aryl methyl sites for hydroxylation is 1. The summed E-state index contributed by atoms with van der Waals surface area (Å²) in [6.45, 7) is 11.8. The van der Waals surface area contributed by atoms with E-state index >= 15 is 0 Å². The van der Waals surface area contributed by atoms with Crippen molar-refractivity contribution >= 4 is 0 Å². The van der Waals surface area contributed by atoms with Gasteiger partial charge in [0, 0.05) is 44.6 Å². The lowest BCUT2D eigenvalue weighted by molar-refractivity contribution is 0.0937. The molecular weight excluding hydrogens is 228 g/mol. The first-order chi connectivity index (χ1) is 8.52. The van der Waals surface area contributed by atoms with Gasteiger partial charge in [0.25, 0.3) is 0 Å². The average Bonchev–Trinajstić information content (AvgIpc) is 2.77. The summed E-state index contributed by atoms with van der Waals surface area (Å²) in [6.07, 6.45) is 2.01. The summed E-state index contributed by atoms with van der Waals surface area (Å²) in [5.41, 5.74) is 0.236. The maximum Gasteiger partial charge on any atom is 0.223 e. The van der Waals surface area contributed by atoms with Gasteiger partial charge in [0.2, 0.25) is 5.89 Å². The van der Waals surface area contributed by atoms with Crippen molar-refractivity contribution in [2.45, 2.75) is 52.1 Å². The zero-order valence-corrected chi connectivity index (χ0v) is 11.9. The van der Waals surface area contributed by atoms with E-state index in [-0.39, 0.29) is 5.54 Å². The van der Waals surface area contributed by atoms with Crippen LogP contribution in [0.1, 0.15) is 38.9 Å². The number of rotatable bonds is 4. The minimum Gasteiger partial charge on any atom is -0.340 e. The molecule has 5 heteroatoms. The van der Waals surface area contributed by atoms with Crippen molar-refractivity contribution in [3.05, 3.63) is 11.7 Å². The van der Waals surface area contributed by atoms with E-state index in [4.69, 9.17) is 4.52 Å². The Kier molecular flexibility index (Phi) is 4.02. The monoisotopic (exact) mass is 252 g/mol. The Morgan fingerprint density at radius 1 is 1.56 bits per heavy atom. The van der Waals surface area contributed by atoms with Crippen LogP contribution in [-0.4, -0.2) is 46.3 Å². The Labute approximate surface area is 109 Å². The molecule has 0 spiro atoms. The molecule has 2 atom stereocenters. The van der Waals surface area contributed by atoms with Gasteiger partial charge < -0.3 is 9.84 Å². The average molecular weight is 252 g/mol. The van der Waals surface area contributed by atoms with Gasteiger partial charge in [-0.2, -0.15) is 4.98 Å². The SMILES string of the molecule is CCC1(C)CN(CCc2noc(C)n2)C(C)CN1. The maximum absolute atomic E-state index is 5.00. The maximum atomic E-state index is 5.00. The quantitative estimate of drug-likeness (QED) is 0.877. The minimum atomic E-state index is 0.236. The van der Waals surface area contributed by atoms with Gasteiger partial charge in [-0.15, -0.1) is 0 Å². The van der Waals surface area contributed by atoms with E-state index in [1.54, 1.807) is 0 Å².